The van der Waals surface area contributed by atoms with Crippen LogP contribution in [0.1, 0.15) is 57.0 Å². The first-order valence-corrected chi connectivity index (χ1v) is 13.9. The second-order valence-electron chi connectivity index (χ2n) is 9.86. The van der Waals surface area contributed by atoms with Crippen molar-refractivity contribution in [2.24, 2.45) is 11.8 Å². The van der Waals surface area contributed by atoms with Gasteiger partial charge in [-0.15, -0.1) is 11.3 Å². The normalized spacial score (nSPS) is 20.4. The summed E-state index contributed by atoms with van der Waals surface area (Å²) in [6.45, 7) is 5.85. The number of aromatic nitrogens is 2. The summed E-state index contributed by atoms with van der Waals surface area (Å²) in [5, 5.41) is 4.08. The molecule has 190 valence electrons. The van der Waals surface area contributed by atoms with Gasteiger partial charge in [-0.1, -0.05) is 44.2 Å². The standard InChI is InChI=1S/C28H34N4O3S/c1-3-18(2)26(33)30-24(20-12-16-35-17-13-20)28(34)32-15-7-10-21(32)27-31-25-22(36-27)11-14-29-23(25)19-8-5-4-6-9-19/h4-6,8-9,11,14,18,20-21,24H,3,7,10,12-13,15-17H2,1-2H3,(H,30,33)/t18-,21+,24+/m1/s1. The number of fused-ring (bicyclic) bond motifs is 1. The highest BCUT2D eigenvalue weighted by Crippen LogP contribution is 2.39. The first-order valence-electron chi connectivity index (χ1n) is 13.1. The highest BCUT2D eigenvalue weighted by molar-refractivity contribution is 7.18. The van der Waals surface area contributed by atoms with Crippen molar-refractivity contribution in [1.29, 1.82) is 0 Å². The van der Waals surface area contributed by atoms with Crippen LogP contribution in [0, 0.1) is 11.8 Å². The molecule has 0 spiro atoms. The van der Waals surface area contributed by atoms with Crippen LogP contribution in [0.2, 0.25) is 0 Å². The zero-order valence-corrected chi connectivity index (χ0v) is 21.8. The molecule has 2 aromatic heterocycles. The van der Waals surface area contributed by atoms with Crippen LogP contribution < -0.4 is 5.32 Å². The van der Waals surface area contributed by atoms with Crippen LogP contribution >= 0.6 is 11.3 Å². The van der Waals surface area contributed by atoms with Gasteiger partial charge in [-0.3, -0.25) is 14.6 Å². The molecule has 8 heteroatoms. The third kappa shape index (κ3) is 5.02. The lowest BCUT2D eigenvalue weighted by atomic mass is 9.90. The number of carbonyl (C=O) groups excluding carboxylic acids is 2. The molecule has 36 heavy (non-hydrogen) atoms. The molecule has 2 fully saturated rings. The Hall–Kier alpha value is -2.84. The van der Waals surface area contributed by atoms with Gasteiger partial charge >= 0.3 is 0 Å². The smallest absolute Gasteiger partial charge is 0.246 e. The summed E-state index contributed by atoms with van der Waals surface area (Å²) in [5.74, 6) is -0.0641. The summed E-state index contributed by atoms with van der Waals surface area (Å²) in [6.07, 6.45) is 5.94. The van der Waals surface area contributed by atoms with Crippen molar-refractivity contribution in [2.45, 2.75) is 58.0 Å². The van der Waals surface area contributed by atoms with E-state index in [1.807, 2.05) is 61.3 Å². The Balaban J connectivity index is 1.44. The van der Waals surface area contributed by atoms with Gasteiger partial charge < -0.3 is 15.0 Å². The fraction of sp³-hybridized carbons (Fsp3) is 0.500. The zero-order valence-electron chi connectivity index (χ0n) is 21.0. The van der Waals surface area contributed by atoms with Gasteiger partial charge in [0.2, 0.25) is 11.8 Å². The second kappa shape index (κ2) is 11.0. The minimum absolute atomic E-state index is 0.0155. The van der Waals surface area contributed by atoms with Gasteiger partial charge in [0, 0.05) is 37.4 Å². The van der Waals surface area contributed by atoms with E-state index in [4.69, 9.17) is 9.72 Å². The van der Waals surface area contributed by atoms with E-state index in [1.165, 1.54) is 0 Å². The third-order valence-corrected chi connectivity index (χ3v) is 8.67. The SMILES string of the molecule is CC[C@@H](C)C(=O)N[C@H](C(=O)N1CCC[C@H]1c1nc2c(-c3ccccc3)nccc2s1)C1CCOCC1. The molecule has 3 atom stereocenters. The van der Waals surface area contributed by atoms with Gasteiger partial charge in [-0.2, -0.15) is 0 Å². The number of rotatable bonds is 7. The van der Waals surface area contributed by atoms with E-state index in [0.717, 1.165) is 58.6 Å². The Labute approximate surface area is 216 Å². The summed E-state index contributed by atoms with van der Waals surface area (Å²) < 4.78 is 6.62. The van der Waals surface area contributed by atoms with Crippen LogP contribution in [0.5, 0.6) is 0 Å². The molecule has 2 aliphatic heterocycles. The quantitative estimate of drug-likeness (QED) is 0.489. The fourth-order valence-electron chi connectivity index (χ4n) is 5.20. The van der Waals surface area contributed by atoms with Gasteiger partial charge in [0.15, 0.2) is 0 Å². The van der Waals surface area contributed by atoms with Crippen molar-refractivity contribution in [2.75, 3.05) is 19.8 Å². The molecule has 0 bridgehead atoms. The minimum atomic E-state index is -0.521. The minimum Gasteiger partial charge on any atom is -0.381 e. The predicted octanol–water partition coefficient (Wildman–Crippen LogP) is 4.98. The first kappa shape index (κ1) is 24.8. The molecule has 0 radical (unpaired) electrons. The molecule has 2 amide bonds. The number of amides is 2. The van der Waals surface area contributed by atoms with Gasteiger partial charge in [0.25, 0.3) is 0 Å². The maximum absolute atomic E-state index is 14.0. The van der Waals surface area contributed by atoms with Crippen LogP contribution in [0.25, 0.3) is 21.5 Å². The van der Waals surface area contributed by atoms with Crippen LogP contribution in [-0.4, -0.2) is 52.5 Å². The number of hydrogen-bond donors (Lipinski definition) is 1. The van der Waals surface area contributed by atoms with E-state index < -0.39 is 6.04 Å². The maximum atomic E-state index is 14.0. The topological polar surface area (TPSA) is 84.4 Å². The van der Waals surface area contributed by atoms with Crippen molar-refractivity contribution in [3.63, 3.8) is 0 Å². The maximum Gasteiger partial charge on any atom is 0.246 e. The molecule has 7 nitrogen and oxygen atoms in total. The number of hydrogen-bond acceptors (Lipinski definition) is 6. The van der Waals surface area contributed by atoms with Crippen molar-refractivity contribution in [3.8, 4) is 11.3 Å². The number of carbonyl (C=O) groups is 2. The summed E-state index contributed by atoms with van der Waals surface area (Å²) >= 11 is 1.64. The van der Waals surface area contributed by atoms with Gasteiger partial charge in [-0.05, 0) is 44.1 Å². The van der Waals surface area contributed by atoms with Gasteiger partial charge in [0.1, 0.15) is 16.6 Å². The Kier molecular flexibility index (Phi) is 7.62. The van der Waals surface area contributed by atoms with E-state index in [2.05, 4.69) is 10.3 Å². The number of nitrogens with zero attached hydrogens (tertiary/aromatic N) is 3. The molecule has 2 saturated heterocycles. The lowest BCUT2D eigenvalue weighted by molar-refractivity contribution is -0.140. The lowest BCUT2D eigenvalue weighted by Crippen LogP contribution is -2.54. The van der Waals surface area contributed by atoms with Crippen molar-refractivity contribution in [3.05, 3.63) is 47.6 Å². The van der Waals surface area contributed by atoms with Crippen molar-refractivity contribution in [1.82, 2.24) is 20.2 Å². The van der Waals surface area contributed by atoms with Gasteiger partial charge in [0.05, 0.1) is 16.4 Å². The van der Waals surface area contributed by atoms with Crippen molar-refractivity contribution >= 4 is 33.4 Å². The molecule has 0 aliphatic carbocycles. The second-order valence-corrected chi connectivity index (χ2v) is 10.9. The van der Waals surface area contributed by atoms with Crippen LogP contribution in [0.3, 0.4) is 0 Å². The molecule has 4 heterocycles. The van der Waals surface area contributed by atoms with E-state index in [9.17, 15) is 9.59 Å². The molecule has 5 rings (SSSR count). The van der Waals surface area contributed by atoms with Gasteiger partial charge in [-0.25, -0.2) is 4.98 Å². The Morgan fingerprint density at radius 3 is 2.69 bits per heavy atom. The monoisotopic (exact) mass is 506 g/mol. The molecule has 0 unspecified atom stereocenters. The average Bonchev–Trinajstić information content (AvgIpc) is 3.59. The average molecular weight is 507 g/mol. The Bertz CT molecular complexity index is 1210. The highest BCUT2D eigenvalue weighted by Gasteiger charge is 2.40. The summed E-state index contributed by atoms with van der Waals surface area (Å²) in [6, 6.07) is 11.5. The zero-order chi connectivity index (χ0) is 25.1. The van der Waals surface area contributed by atoms with Crippen LogP contribution in [0.4, 0.5) is 0 Å². The van der Waals surface area contributed by atoms with E-state index in [1.54, 1.807) is 11.3 Å². The van der Waals surface area contributed by atoms with E-state index >= 15 is 0 Å². The molecule has 1 N–H and O–H groups in total. The summed E-state index contributed by atoms with van der Waals surface area (Å²) in [5.41, 5.74) is 2.79. The molecule has 2 aliphatic rings. The van der Waals surface area contributed by atoms with E-state index in [0.29, 0.717) is 19.8 Å². The Morgan fingerprint density at radius 2 is 1.94 bits per heavy atom. The highest BCUT2D eigenvalue weighted by atomic mass is 32.1. The number of likely N-dealkylation sites (tertiary alicyclic amines) is 1. The number of pyridine rings is 1. The molecule has 1 aromatic carbocycles. The molecular weight excluding hydrogens is 472 g/mol. The molecular formula is C28H34N4O3S. The number of ether oxygens (including phenoxy) is 1. The Morgan fingerprint density at radius 1 is 1.17 bits per heavy atom. The number of nitrogens with one attached hydrogen (secondary N) is 1. The van der Waals surface area contributed by atoms with Crippen molar-refractivity contribution < 1.29 is 14.3 Å². The number of thiazole rings is 1. The largest absolute Gasteiger partial charge is 0.381 e. The predicted molar refractivity (Wildman–Crippen MR) is 141 cm³/mol. The fourth-order valence-corrected chi connectivity index (χ4v) is 6.31. The number of benzene rings is 1. The third-order valence-electron chi connectivity index (χ3n) is 7.55. The van der Waals surface area contributed by atoms with Crippen LogP contribution in [0.15, 0.2) is 42.6 Å². The van der Waals surface area contributed by atoms with Crippen LogP contribution in [-0.2, 0) is 14.3 Å². The molecule has 0 saturated carbocycles. The lowest BCUT2D eigenvalue weighted by Gasteiger charge is -2.35. The summed E-state index contributed by atoms with van der Waals surface area (Å²) in [4.78, 5) is 38.5. The molecule has 3 aromatic rings. The first-order chi connectivity index (χ1) is 17.6. The summed E-state index contributed by atoms with van der Waals surface area (Å²) in [7, 11) is 0. The van der Waals surface area contributed by atoms with E-state index in [-0.39, 0.29) is 29.7 Å².